The first-order chi connectivity index (χ1) is 12.7. The molecule has 1 aromatic heterocycles. The molecular weight excluding hydrogens is 328 g/mol. The monoisotopic (exact) mass is 352 g/mol. The number of nitrogens with zero attached hydrogens (tertiary/aromatic N) is 2. The first kappa shape index (κ1) is 17.0. The minimum Gasteiger partial charge on any atom is -0.486 e. The summed E-state index contributed by atoms with van der Waals surface area (Å²) in [7, 11) is 0. The number of aromatic nitrogens is 1. The molecule has 0 bridgehead atoms. The molecule has 26 heavy (non-hydrogen) atoms. The molecule has 5 nitrogen and oxygen atoms in total. The third-order valence-corrected chi connectivity index (χ3v) is 5.25. The first-order valence-electron chi connectivity index (χ1n) is 9.25. The number of carbonyl (C=O) groups is 1. The summed E-state index contributed by atoms with van der Waals surface area (Å²) in [4.78, 5) is 18.6. The zero-order valence-corrected chi connectivity index (χ0v) is 14.8. The fourth-order valence-electron chi connectivity index (χ4n) is 3.88. The summed E-state index contributed by atoms with van der Waals surface area (Å²) < 4.78 is 12.1. The molecule has 0 aliphatic carbocycles. The van der Waals surface area contributed by atoms with Crippen LogP contribution in [0, 0.1) is 0 Å². The number of ether oxygens (including phenoxy) is 2. The molecule has 0 N–H and O–H groups in total. The van der Waals surface area contributed by atoms with E-state index in [9.17, 15) is 4.79 Å². The zero-order valence-electron chi connectivity index (χ0n) is 14.8. The summed E-state index contributed by atoms with van der Waals surface area (Å²) in [6.07, 6.45) is 6.53. The lowest BCUT2D eigenvalue weighted by atomic mass is 9.98. The van der Waals surface area contributed by atoms with Gasteiger partial charge in [0, 0.05) is 32.1 Å². The second-order valence-corrected chi connectivity index (χ2v) is 7.18. The van der Waals surface area contributed by atoms with Crippen molar-refractivity contribution in [2.45, 2.75) is 37.4 Å². The van der Waals surface area contributed by atoms with Gasteiger partial charge in [-0.3, -0.25) is 9.78 Å². The molecule has 1 spiro atoms. The van der Waals surface area contributed by atoms with Gasteiger partial charge in [-0.2, -0.15) is 0 Å². The van der Waals surface area contributed by atoms with Crippen molar-refractivity contribution in [3.63, 3.8) is 0 Å². The molecule has 4 rings (SSSR count). The van der Waals surface area contributed by atoms with Crippen molar-refractivity contribution in [3.8, 4) is 5.75 Å². The first-order valence-corrected chi connectivity index (χ1v) is 9.25. The van der Waals surface area contributed by atoms with Crippen LogP contribution >= 0.6 is 0 Å². The van der Waals surface area contributed by atoms with Gasteiger partial charge in [0.25, 0.3) is 0 Å². The summed E-state index contributed by atoms with van der Waals surface area (Å²) in [5, 5.41) is 0. The van der Waals surface area contributed by atoms with Crippen molar-refractivity contribution in [3.05, 3.63) is 60.4 Å². The lowest BCUT2D eigenvalue weighted by Crippen LogP contribution is -2.36. The summed E-state index contributed by atoms with van der Waals surface area (Å²) >= 11 is 0. The topological polar surface area (TPSA) is 51.7 Å². The van der Waals surface area contributed by atoms with Gasteiger partial charge in [-0.15, -0.1) is 0 Å². The third-order valence-electron chi connectivity index (χ3n) is 5.25. The Hall–Kier alpha value is -2.40. The van der Waals surface area contributed by atoms with Gasteiger partial charge in [-0.1, -0.05) is 30.3 Å². The lowest BCUT2D eigenvalue weighted by molar-refractivity contribution is -0.131. The minimum absolute atomic E-state index is 0.0265. The molecular formula is C21H24N2O3. The van der Waals surface area contributed by atoms with Crippen LogP contribution < -0.4 is 4.74 Å². The summed E-state index contributed by atoms with van der Waals surface area (Å²) in [5.41, 5.74) is 0.965. The molecule has 0 saturated carbocycles. The minimum atomic E-state index is -0.241. The molecule has 1 aromatic carbocycles. The Labute approximate surface area is 153 Å². The fourth-order valence-corrected chi connectivity index (χ4v) is 3.88. The van der Waals surface area contributed by atoms with E-state index in [2.05, 4.69) is 17.1 Å². The van der Waals surface area contributed by atoms with E-state index in [0.29, 0.717) is 19.6 Å². The Kier molecular flexibility index (Phi) is 4.89. The van der Waals surface area contributed by atoms with E-state index in [1.807, 2.05) is 35.2 Å². The summed E-state index contributed by atoms with van der Waals surface area (Å²) in [5.74, 6) is 0.984. The highest BCUT2D eigenvalue weighted by Crippen LogP contribution is 2.36. The van der Waals surface area contributed by atoms with Crippen LogP contribution in [0.1, 0.15) is 24.8 Å². The molecule has 2 saturated heterocycles. The van der Waals surface area contributed by atoms with E-state index >= 15 is 0 Å². The molecule has 5 heteroatoms. The van der Waals surface area contributed by atoms with Crippen LogP contribution in [0.15, 0.2) is 54.9 Å². The molecule has 2 aliphatic heterocycles. The number of pyridine rings is 1. The van der Waals surface area contributed by atoms with Gasteiger partial charge in [0.05, 0.1) is 18.4 Å². The van der Waals surface area contributed by atoms with Crippen LogP contribution in [-0.2, 0) is 16.0 Å². The van der Waals surface area contributed by atoms with Gasteiger partial charge in [0.2, 0.25) is 5.91 Å². The quantitative estimate of drug-likeness (QED) is 0.830. The maximum absolute atomic E-state index is 12.6. The van der Waals surface area contributed by atoms with Crippen molar-refractivity contribution in [2.24, 2.45) is 0 Å². The van der Waals surface area contributed by atoms with Gasteiger partial charge < -0.3 is 14.4 Å². The smallest absolute Gasteiger partial charge is 0.223 e. The largest absolute Gasteiger partial charge is 0.486 e. The van der Waals surface area contributed by atoms with Gasteiger partial charge in [0.15, 0.2) is 0 Å². The second kappa shape index (κ2) is 7.46. The van der Waals surface area contributed by atoms with Crippen LogP contribution in [0.25, 0.3) is 0 Å². The normalized spacial score (nSPS) is 24.9. The van der Waals surface area contributed by atoms with Crippen molar-refractivity contribution < 1.29 is 14.3 Å². The Morgan fingerprint density at radius 1 is 1.27 bits per heavy atom. The number of hydrogen-bond donors (Lipinski definition) is 0. The molecule has 2 atom stereocenters. The molecule has 3 heterocycles. The second-order valence-electron chi connectivity index (χ2n) is 7.18. The highest BCUT2D eigenvalue weighted by atomic mass is 16.6. The van der Waals surface area contributed by atoms with Crippen LogP contribution in [0.4, 0.5) is 0 Å². The average molecular weight is 352 g/mol. The SMILES string of the molecule is O=C(CCc1ccccc1)N1CC[C@]2(C[C@H](Oc3cccnc3)CO2)C1. The number of benzene rings is 1. The predicted octanol–water partition coefficient (Wildman–Crippen LogP) is 2.85. The van der Waals surface area contributed by atoms with Gasteiger partial charge in [-0.25, -0.2) is 0 Å². The third kappa shape index (κ3) is 3.88. The van der Waals surface area contributed by atoms with Gasteiger partial charge in [-0.05, 0) is 30.5 Å². The van der Waals surface area contributed by atoms with Crippen molar-refractivity contribution in [2.75, 3.05) is 19.7 Å². The number of carbonyl (C=O) groups excluding carboxylic acids is 1. The highest BCUT2D eigenvalue weighted by molar-refractivity contribution is 5.77. The van der Waals surface area contributed by atoms with E-state index in [1.165, 1.54) is 5.56 Å². The molecule has 1 amide bonds. The van der Waals surface area contributed by atoms with Crippen LogP contribution in [0.3, 0.4) is 0 Å². The van der Waals surface area contributed by atoms with E-state index in [4.69, 9.17) is 9.47 Å². The van der Waals surface area contributed by atoms with Crippen LogP contribution in [0.5, 0.6) is 5.75 Å². The van der Waals surface area contributed by atoms with E-state index in [0.717, 1.165) is 31.6 Å². The van der Waals surface area contributed by atoms with Crippen molar-refractivity contribution >= 4 is 5.91 Å². The predicted molar refractivity (Wildman–Crippen MR) is 97.9 cm³/mol. The summed E-state index contributed by atoms with van der Waals surface area (Å²) in [6, 6.07) is 13.9. The Morgan fingerprint density at radius 2 is 2.15 bits per heavy atom. The van der Waals surface area contributed by atoms with Crippen LogP contribution in [-0.4, -0.2) is 47.2 Å². The molecule has 0 unspecified atom stereocenters. The maximum Gasteiger partial charge on any atom is 0.223 e. The molecule has 2 fully saturated rings. The average Bonchev–Trinajstić information content (AvgIpc) is 3.28. The van der Waals surface area contributed by atoms with Gasteiger partial charge >= 0.3 is 0 Å². The van der Waals surface area contributed by atoms with E-state index < -0.39 is 0 Å². The summed E-state index contributed by atoms with van der Waals surface area (Å²) in [6.45, 7) is 2.02. The van der Waals surface area contributed by atoms with Crippen LogP contribution in [0.2, 0.25) is 0 Å². The highest BCUT2D eigenvalue weighted by Gasteiger charge is 2.47. The molecule has 0 radical (unpaired) electrons. The lowest BCUT2D eigenvalue weighted by Gasteiger charge is -2.23. The van der Waals surface area contributed by atoms with Crippen molar-refractivity contribution in [1.29, 1.82) is 0 Å². The van der Waals surface area contributed by atoms with E-state index in [-0.39, 0.29) is 17.6 Å². The number of amides is 1. The van der Waals surface area contributed by atoms with Crippen molar-refractivity contribution in [1.82, 2.24) is 9.88 Å². The Balaban J connectivity index is 1.28. The zero-order chi connectivity index (χ0) is 17.8. The van der Waals surface area contributed by atoms with Gasteiger partial charge in [0.1, 0.15) is 11.9 Å². The molecule has 2 aliphatic rings. The standard InChI is InChI=1S/C21H24N2O3/c24-20(9-8-17-5-2-1-3-6-17)23-12-10-21(16-23)13-19(15-25-21)26-18-7-4-11-22-14-18/h1-7,11,14,19H,8-10,12-13,15-16H2/t19-,21-/m0/s1. The molecule has 2 aromatic rings. The maximum atomic E-state index is 12.6. The number of hydrogen-bond acceptors (Lipinski definition) is 4. The number of likely N-dealkylation sites (tertiary alicyclic amines) is 1. The Morgan fingerprint density at radius 3 is 2.96 bits per heavy atom. The Bertz CT molecular complexity index is 737. The van der Waals surface area contributed by atoms with E-state index in [1.54, 1.807) is 12.4 Å². The fraction of sp³-hybridized carbons (Fsp3) is 0.429. The molecule has 136 valence electrons. The number of aryl methyl sites for hydroxylation is 1. The number of rotatable bonds is 5.